The molecule has 1 aliphatic heterocycles. The quantitative estimate of drug-likeness (QED) is 0.0980. The van der Waals surface area contributed by atoms with E-state index in [4.69, 9.17) is 33.5 Å². The van der Waals surface area contributed by atoms with Crippen LogP contribution in [-0.4, -0.2) is 80.8 Å². The van der Waals surface area contributed by atoms with Crippen LogP contribution in [0.2, 0.25) is 0 Å². The van der Waals surface area contributed by atoms with E-state index in [0.29, 0.717) is 0 Å². The lowest BCUT2D eigenvalue weighted by Crippen LogP contribution is -2.42. The highest BCUT2D eigenvalue weighted by Gasteiger charge is 2.51. The molecule has 3 aromatic rings. The molecule has 0 amide bonds. The van der Waals surface area contributed by atoms with Gasteiger partial charge < -0.3 is 43.7 Å². The van der Waals surface area contributed by atoms with Crippen LogP contribution in [0.1, 0.15) is 39.4 Å². The molecule has 47 heavy (non-hydrogen) atoms. The van der Waals surface area contributed by atoms with Gasteiger partial charge in [0.1, 0.15) is 29.8 Å². The number of H-pyrrole nitrogens is 1. The van der Waals surface area contributed by atoms with Crippen LogP contribution in [0.5, 0.6) is 23.0 Å². The normalized spacial score (nSPS) is 18.5. The molecule has 0 unspecified atom stereocenters. The molecule has 4 atom stereocenters. The lowest BCUT2D eigenvalue weighted by Gasteiger charge is -2.25. The highest BCUT2D eigenvalue weighted by Crippen LogP contribution is 2.36. The molecular weight excluding hydrogens is 628 g/mol. The van der Waals surface area contributed by atoms with E-state index in [0.717, 1.165) is 42.0 Å². The number of esters is 3. The highest BCUT2D eigenvalue weighted by atomic mass is 16.7. The van der Waals surface area contributed by atoms with Crippen LogP contribution in [0.4, 0.5) is 0 Å². The van der Waals surface area contributed by atoms with Gasteiger partial charge in [0.15, 0.2) is 29.9 Å². The Bertz CT molecular complexity index is 1860. The van der Waals surface area contributed by atoms with Crippen molar-refractivity contribution in [2.24, 2.45) is 0 Å². The number of carboxylic acids is 1. The van der Waals surface area contributed by atoms with Crippen molar-refractivity contribution in [1.29, 1.82) is 0 Å². The van der Waals surface area contributed by atoms with Gasteiger partial charge >= 0.3 is 29.6 Å². The number of aromatic nitrogens is 2. The molecule has 2 heterocycles. The summed E-state index contributed by atoms with van der Waals surface area (Å²) in [4.78, 5) is 76.2. The summed E-state index contributed by atoms with van der Waals surface area (Å²) in [5, 5.41) is 29.0. The van der Waals surface area contributed by atoms with Gasteiger partial charge in [-0.3, -0.25) is 19.1 Å². The lowest BCUT2D eigenvalue weighted by atomic mass is 10.1. The zero-order valence-corrected chi connectivity index (χ0v) is 25.0. The van der Waals surface area contributed by atoms with Gasteiger partial charge in [-0.25, -0.2) is 19.2 Å². The minimum atomic E-state index is -1.54. The monoisotopic (exact) mass is 656 g/mol. The molecule has 0 spiro atoms. The molecule has 1 saturated heterocycles. The van der Waals surface area contributed by atoms with Crippen LogP contribution in [0.3, 0.4) is 0 Å². The largest absolute Gasteiger partial charge is 0.508 e. The molecule has 4 rings (SSSR count). The Kier molecular flexibility index (Phi) is 9.99. The molecule has 1 aromatic heterocycles. The number of aryl methyl sites for hydroxylation is 1. The zero-order chi connectivity index (χ0) is 34.6. The number of carboxylic acid groups (broad SMARTS) is 1. The van der Waals surface area contributed by atoms with Crippen LogP contribution in [0, 0.1) is 6.92 Å². The number of aromatic hydroxyl groups is 2. The Morgan fingerprint density at radius 2 is 1.72 bits per heavy atom. The number of carbonyl (C=O) groups excluding carboxylic acids is 3. The summed E-state index contributed by atoms with van der Waals surface area (Å²) in [7, 11) is 1.25. The summed E-state index contributed by atoms with van der Waals surface area (Å²) in [6.45, 7) is 5.07. The fraction of sp³-hybridized carbons (Fsp3) is 0.267. The number of phenolic OH excluding ortho intramolecular Hbond substituents is 2. The molecule has 0 bridgehead atoms. The second kappa shape index (κ2) is 13.9. The smallest absolute Gasteiger partial charge is 0.371 e. The number of hydrogen-bond donors (Lipinski definition) is 4. The average molecular weight is 657 g/mol. The van der Waals surface area contributed by atoms with E-state index in [2.05, 4.69) is 6.58 Å². The maximum atomic E-state index is 13.5. The Labute approximate surface area is 264 Å². The van der Waals surface area contributed by atoms with Crippen molar-refractivity contribution < 1.29 is 62.9 Å². The third-order valence-corrected chi connectivity index (χ3v) is 6.71. The third kappa shape index (κ3) is 7.59. The van der Waals surface area contributed by atoms with Gasteiger partial charge in [-0.05, 0) is 43.3 Å². The standard InChI is InChI=1S/C30H28N2O15/c1-13-9-17(34)11-20(42-4)23(13)29(40)47-24-21(46-26(25(24)45-15(3)33)32-8-7-22(36)31-30(32)41)12-43-28(39)16-5-6-18(35)19(10-16)44-14(2)27(37)38/h5-11,21,24-26,34-35H,2,12H2,1,3-4H3,(H,37,38)(H,31,36,41)/t21-,24-,25+,26-/m0/s1. The molecule has 0 radical (unpaired) electrons. The van der Waals surface area contributed by atoms with Crippen LogP contribution >= 0.6 is 0 Å². The van der Waals surface area contributed by atoms with E-state index in [9.17, 15) is 39.0 Å². The van der Waals surface area contributed by atoms with E-state index in [1.165, 1.54) is 26.2 Å². The van der Waals surface area contributed by atoms with E-state index in [1.54, 1.807) is 0 Å². The summed E-state index contributed by atoms with van der Waals surface area (Å²) in [6, 6.07) is 6.62. The van der Waals surface area contributed by atoms with Crippen LogP contribution in [-0.2, 0) is 28.5 Å². The van der Waals surface area contributed by atoms with Crippen molar-refractivity contribution in [3.63, 3.8) is 0 Å². The molecule has 0 aliphatic carbocycles. The first-order valence-electron chi connectivity index (χ1n) is 13.5. The number of nitrogens with zero attached hydrogens (tertiary/aromatic N) is 1. The second-order valence-electron chi connectivity index (χ2n) is 9.98. The maximum Gasteiger partial charge on any atom is 0.371 e. The minimum absolute atomic E-state index is 0.0530. The molecule has 1 aliphatic rings. The number of phenols is 2. The molecular formula is C30H28N2O15. The van der Waals surface area contributed by atoms with E-state index >= 15 is 0 Å². The third-order valence-electron chi connectivity index (χ3n) is 6.71. The minimum Gasteiger partial charge on any atom is -0.508 e. The number of benzene rings is 2. The van der Waals surface area contributed by atoms with Crippen molar-refractivity contribution >= 4 is 23.9 Å². The van der Waals surface area contributed by atoms with Gasteiger partial charge in [0, 0.05) is 25.3 Å². The zero-order valence-electron chi connectivity index (χ0n) is 25.0. The van der Waals surface area contributed by atoms with E-state index < -0.39 is 83.5 Å². The Morgan fingerprint density at radius 1 is 1.00 bits per heavy atom. The van der Waals surface area contributed by atoms with Crippen LogP contribution in [0.15, 0.2) is 64.5 Å². The summed E-state index contributed by atoms with van der Waals surface area (Å²) >= 11 is 0. The van der Waals surface area contributed by atoms with Gasteiger partial charge in [-0.1, -0.05) is 0 Å². The van der Waals surface area contributed by atoms with Gasteiger partial charge in [-0.15, -0.1) is 0 Å². The van der Waals surface area contributed by atoms with Gasteiger partial charge in [0.05, 0.1) is 12.7 Å². The van der Waals surface area contributed by atoms with Crippen molar-refractivity contribution in [2.75, 3.05) is 13.7 Å². The van der Waals surface area contributed by atoms with Crippen LogP contribution in [0.25, 0.3) is 0 Å². The fourth-order valence-corrected chi connectivity index (χ4v) is 4.64. The van der Waals surface area contributed by atoms with E-state index in [-0.39, 0.29) is 28.2 Å². The molecule has 248 valence electrons. The number of hydrogen-bond acceptors (Lipinski definition) is 14. The molecule has 0 saturated carbocycles. The predicted molar refractivity (Wildman–Crippen MR) is 155 cm³/mol. The van der Waals surface area contributed by atoms with Gasteiger partial charge in [0.2, 0.25) is 5.76 Å². The predicted octanol–water partition coefficient (Wildman–Crippen LogP) is 1.15. The number of aliphatic carboxylic acids is 1. The topological polar surface area (TPSA) is 239 Å². The summed E-state index contributed by atoms with van der Waals surface area (Å²) in [5.41, 5.74) is -1.76. The molecule has 1 fully saturated rings. The van der Waals surface area contributed by atoms with Crippen molar-refractivity contribution in [3.05, 3.63) is 92.5 Å². The summed E-state index contributed by atoms with van der Waals surface area (Å²) in [5.74, 6) is -6.35. The first kappa shape index (κ1) is 33.8. The first-order valence-corrected chi connectivity index (χ1v) is 13.5. The molecule has 17 heteroatoms. The number of aromatic amines is 1. The number of rotatable bonds is 11. The average Bonchev–Trinajstić information content (AvgIpc) is 3.31. The fourth-order valence-electron chi connectivity index (χ4n) is 4.64. The Hall–Kier alpha value is -6.10. The molecule has 17 nitrogen and oxygen atoms in total. The van der Waals surface area contributed by atoms with Crippen LogP contribution < -0.4 is 20.7 Å². The Morgan fingerprint density at radius 3 is 2.36 bits per heavy atom. The SMILES string of the molecule is C=C(Oc1cc(C(=O)OC[C@@H]2O[C@H](n3ccc(=O)[nH]c3=O)[C@H](OC(C)=O)[C@H]2OC(=O)c2c(C)cc(O)cc2OC)ccc1O)C(=O)O. The second-order valence-corrected chi connectivity index (χ2v) is 9.98. The summed E-state index contributed by atoms with van der Waals surface area (Å²) < 4.78 is 33.6. The maximum absolute atomic E-state index is 13.5. The molecule has 4 N–H and O–H groups in total. The number of ether oxygens (including phenoxy) is 6. The summed E-state index contributed by atoms with van der Waals surface area (Å²) in [6.07, 6.45) is -4.91. The van der Waals surface area contributed by atoms with Crippen molar-refractivity contribution in [2.45, 2.75) is 38.4 Å². The highest BCUT2D eigenvalue weighted by molar-refractivity contribution is 5.95. The first-order chi connectivity index (χ1) is 22.2. The van der Waals surface area contributed by atoms with Crippen molar-refractivity contribution in [3.8, 4) is 23.0 Å². The van der Waals surface area contributed by atoms with Crippen molar-refractivity contribution in [1.82, 2.24) is 9.55 Å². The number of carbonyl (C=O) groups is 4. The number of methoxy groups -OCH3 is 1. The van der Waals surface area contributed by atoms with E-state index in [1.807, 2.05) is 4.98 Å². The molecule has 2 aromatic carbocycles. The lowest BCUT2D eigenvalue weighted by molar-refractivity contribution is -0.156. The number of nitrogens with one attached hydrogen (secondary N) is 1. The van der Waals surface area contributed by atoms with Gasteiger partial charge in [-0.2, -0.15) is 0 Å². The van der Waals surface area contributed by atoms with Gasteiger partial charge in [0.25, 0.3) is 5.56 Å². The Balaban J connectivity index is 1.68.